The van der Waals surface area contributed by atoms with E-state index in [1.807, 2.05) is 74.6 Å². The Morgan fingerprint density at radius 3 is 2.11 bits per heavy atom. The minimum absolute atomic E-state index is 0.104. The van der Waals surface area contributed by atoms with Crippen LogP contribution in [0.3, 0.4) is 0 Å². The van der Waals surface area contributed by atoms with Gasteiger partial charge in [0.25, 0.3) is 0 Å². The summed E-state index contributed by atoms with van der Waals surface area (Å²) in [5.41, 5.74) is 0.924. The van der Waals surface area contributed by atoms with E-state index in [-0.39, 0.29) is 11.2 Å². The van der Waals surface area contributed by atoms with Crippen LogP contribution in [-0.4, -0.2) is 18.2 Å². The monoisotopic (exact) mass is 271 g/mol. The van der Waals surface area contributed by atoms with Crippen LogP contribution in [0.4, 0.5) is 5.69 Å². The van der Waals surface area contributed by atoms with Gasteiger partial charge in [-0.3, -0.25) is 4.79 Å². The molecule has 0 bridgehead atoms. The smallest absolute Gasteiger partial charge is 0.239 e. The van der Waals surface area contributed by atoms with Crippen LogP contribution in [0.15, 0.2) is 65.6 Å². The average molecular weight is 271 g/mol. The topological polar surface area (TPSA) is 20.3 Å². The Labute approximate surface area is 118 Å². The molecule has 2 rings (SSSR count). The van der Waals surface area contributed by atoms with Crippen molar-refractivity contribution in [2.24, 2.45) is 0 Å². The van der Waals surface area contributed by atoms with Crippen molar-refractivity contribution in [2.75, 3.05) is 11.9 Å². The number of hydrogen-bond donors (Lipinski definition) is 0. The number of benzene rings is 2. The van der Waals surface area contributed by atoms with E-state index in [4.69, 9.17) is 0 Å². The summed E-state index contributed by atoms with van der Waals surface area (Å²) < 4.78 is 0. The van der Waals surface area contributed by atoms with E-state index in [0.717, 1.165) is 10.6 Å². The van der Waals surface area contributed by atoms with Gasteiger partial charge in [0.05, 0.1) is 5.25 Å². The molecule has 1 atom stereocenters. The number of nitrogens with zero attached hydrogens (tertiary/aromatic N) is 1. The first-order valence-corrected chi connectivity index (χ1v) is 7.11. The molecule has 19 heavy (non-hydrogen) atoms. The fourth-order valence-electron chi connectivity index (χ4n) is 1.81. The molecule has 0 aliphatic carbocycles. The number of thioether (sulfide) groups is 1. The van der Waals surface area contributed by atoms with Crippen LogP contribution in [0.5, 0.6) is 0 Å². The van der Waals surface area contributed by atoms with Gasteiger partial charge in [-0.2, -0.15) is 0 Å². The lowest BCUT2D eigenvalue weighted by Gasteiger charge is -2.21. The van der Waals surface area contributed by atoms with Crippen molar-refractivity contribution in [2.45, 2.75) is 17.1 Å². The first-order valence-electron chi connectivity index (χ1n) is 6.23. The Morgan fingerprint density at radius 2 is 1.53 bits per heavy atom. The molecule has 2 aromatic rings. The lowest BCUT2D eigenvalue weighted by Crippen LogP contribution is -2.33. The van der Waals surface area contributed by atoms with E-state index in [9.17, 15) is 4.79 Å². The van der Waals surface area contributed by atoms with E-state index in [0.29, 0.717) is 0 Å². The molecule has 0 saturated carbocycles. The van der Waals surface area contributed by atoms with Crippen molar-refractivity contribution >= 4 is 23.4 Å². The van der Waals surface area contributed by atoms with Gasteiger partial charge in [0.1, 0.15) is 0 Å². The van der Waals surface area contributed by atoms with Crippen molar-refractivity contribution < 1.29 is 4.79 Å². The zero-order valence-corrected chi connectivity index (χ0v) is 11.9. The normalized spacial score (nSPS) is 11.9. The van der Waals surface area contributed by atoms with E-state index < -0.39 is 0 Å². The minimum atomic E-state index is -0.104. The number of anilines is 1. The molecule has 0 unspecified atom stereocenters. The van der Waals surface area contributed by atoms with Crippen LogP contribution < -0.4 is 4.90 Å². The SMILES string of the molecule is C[C@@H](Sc1ccccc1)C(=O)N(C)c1ccccc1. The average Bonchev–Trinajstić information content (AvgIpc) is 2.47. The number of carbonyl (C=O) groups excluding carboxylic acids is 1. The molecule has 0 N–H and O–H groups in total. The highest BCUT2D eigenvalue weighted by molar-refractivity contribution is 8.00. The van der Waals surface area contributed by atoms with Crippen LogP contribution in [0.25, 0.3) is 0 Å². The molecule has 0 aromatic heterocycles. The summed E-state index contributed by atoms with van der Waals surface area (Å²) in [5.74, 6) is 0.111. The van der Waals surface area contributed by atoms with Gasteiger partial charge in [-0.15, -0.1) is 11.8 Å². The maximum Gasteiger partial charge on any atom is 0.239 e. The van der Waals surface area contributed by atoms with Gasteiger partial charge in [0.15, 0.2) is 0 Å². The molecule has 0 aliphatic rings. The van der Waals surface area contributed by atoms with Crippen molar-refractivity contribution in [1.29, 1.82) is 0 Å². The van der Waals surface area contributed by atoms with E-state index in [1.165, 1.54) is 0 Å². The van der Waals surface area contributed by atoms with Crippen LogP contribution in [-0.2, 0) is 4.79 Å². The summed E-state index contributed by atoms with van der Waals surface area (Å²) in [4.78, 5) is 15.2. The van der Waals surface area contributed by atoms with Gasteiger partial charge >= 0.3 is 0 Å². The Bertz CT molecular complexity index is 527. The Balaban J connectivity index is 2.03. The summed E-state index contributed by atoms with van der Waals surface area (Å²) in [6, 6.07) is 19.7. The maximum atomic E-state index is 12.4. The third-order valence-corrected chi connectivity index (χ3v) is 3.98. The summed E-state index contributed by atoms with van der Waals surface area (Å²) >= 11 is 1.58. The van der Waals surface area contributed by atoms with Crippen molar-refractivity contribution in [3.63, 3.8) is 0 Å². The maximum absolute atomic E-state index is 12.4. The molecule has 0 fully saturated rings. The van der Waals surface area contributed by atoms with Gasteiger partial charge in [0, 0.05) is 17.6 Å². The molecule has 1 amide bonds. The van der Waals surface area contributed by atoms with Crippen molar-refractivity contribution in [1.82, 2.24) is 0 Å². The number of carbonyl (C=O) groups is 1. The predicted octanol–water partition coefficient (Wildman–Crippen LogP) is 3.83. The lowest BCUT2D eigenvalue weighted by molar-refractivity contribution is -0.117. The van der Waals surface area contributed by atoms with Crippen molar-refractivity contribution in [3.8, 4) is 0 Å². The Morgan fingerprint density at radius 1 is 1.00 bits per heavy atom. The summed E-state index contributed by atoms with van der Waals surface area (Å²) in [6.07, 6.45) is 0. The van der Waals surface area contributed by atoms with E-state index in [2.05, 4.69) is 0 Å². The predicted molar refractivity (Wildman–Crippen MR) is 81.6 cm³/mol. The molecule has 3 heteroatoms. The number of rotatable bonds is 4. The molecule has 0 saturated heterocycles. The standard InChI is InChI=1S/C16H17NOS/c1-13(19-15-11-7-4-8-12-15)16(18)17(2)14-9-5-3-6-10-14/h3-13H,1-2H3/t13-/m1/s1. The molecule has 2 aromatic carbocycles. The number of hydrogen-bond acceptors (Lipinski definition) is 2. The highest BCUT2D eigenvalue weighted by Gasteiger charge is 2.19. The van der Waals surface area contributed by atoms with Crippen LogP contribution in [0.2, 0.25) is 0 Å². The van der Waals surface area contributed by atoms with Gasteiger partial charge in [-0.25, -0.2) is 0 Å². The van der Waals surface area contributed by atoms with Crippen LogP contribution in [0.1, 0.15) is 6.92 Å². The van der Waals surface area contributed by atoms with Gasteiger partial charge < -0.3 is 4.90 Å². The lowest BCUT2D eigenvalue weighted by atomic mass is 10.3. The van der Waals surface area contributed by atoms with E-state index in [1.54, 1.807) is 16.7 Å². The largest absolute Gasteiger partial charge is 0.315 e. The highest BCUT2D eigenvalue weighted by Crippen LogP contribution is 2.25. The summed E-state index contributed by atoms with van der Waals surface area (Å²) in [6.45, 7) is 1.94. The molecule has 2 nitrogen and oxygen atoms in total. The van der Waals surface area contributed by atoms with Crippen LogP contribution in [0, 0.1) is 0 Å². The van der Waals surface area contributed by atoms with Gasteiger partial charge in [0.2, 0.25) is 5.91 Å². The second-order valence-electron chi connectivity index (χ2n) is 4.31. The molecular weight excluding hydrogens is 254 g/mol. The first kappa shape index (κ1) is 13.7. The van der Waals surface area contributed by atoms with E-state index >= 15 is 0 Å². The minimum Gasteiger partial charge on any atom is -0.315 e. The Hall–Kier alpha value is -1.74. The summed E-state index contributed by atoms with van der Waals surface area (Å²) in [5, 5.41) is -0.104. The first-order chi connectivity index (χ1) is 9.18. The van der Waals surface area contributed by atoms with Gasteiger partial charge in [-0.05, 0) is 31.2 Å². The second kappa shape index (κ2) is 6.43. The molecular formula is C16H17NOS. The van der Waals surface area contributed by atoms with Gasteiger partial charge in [-0.1, -0.05) is 36.4 Å². The third-order valence-electron chi connectivity index (χ3n) is 2.88. The molecule has 98 valence electrons. The molecule has 0 aliphatic heterocycles. The zero-order valence-electron chi connectivity index (χ0n) is 11.1. The second-order valence-corrected chi connectivity index (χ2v) is 5.72. The fourth-order valence-corrected chi connectivity index (χ4v) is 2.79. The zero-order chi connectivity index (χ0) is 13.7. The Kier molecular flexibility index (Phi) is 4.63. The van der Waals surface area contributed by atoms with Crippen molar-refractivity contribution in [3.05, 3.63) is 60.7 Å². The number of para-hydroxylation sites is 1. The fraction of sp³-hybridized carbons (Fsp3) is 0.188. The molecule has 0 spiro atoms. The quantitative estimate of drug-likeness (QED) is 0.788. The molecule has 0 radical (unpaired) electrons. The third kappa shape index (κ3) is 3.61. The molecule has 0 heterocycles. The van der Waals surface area contributed by atoms with Crippen LogP contribution >= 0.6 is 11.8 Å². The number of amides is 1. The summed E-state index contributed by atoms with van der Waals surface area (Å²) in [7, 11) is 1.82. The highest BCUT2D eigenvalue weighted by atomic mass is 32.2.